The molecule has 5 heteroatoms. The van der Waals surface area contributed by atoms with Crippen LogP contribution in [0.4, 0.5) is 0 Å². The van der Waals surface area contributed by atoms with Crippen molar-refractivity contribution in [2.75, 3.05) is 19.7 Å². The molecule has 1 heterocycles. The minimum atomic E-state index is -1.35. The Labute approximate surface area is 95.4 Å². The van der Waals surface area contributed by atoms with Crippen molar-refractivity contribution < 1.29 is 19.4 Å². The molecule has 92 valence electrons. The van der Waals surface area contributed by atoms with Gasteiger partial charge in [-0.3, -0.25) is 9.59 Å². The lowest BCUT2D eigenvalue weighted by atomic mass is 9.91. The number of aliphatic carboxylic acids is 1. The highest BCUT2D eigenvalue weighted by Crippen LogP contribution is 2.21. The Morgan fingerprint density at radius 3 is 2.62 bits per heavy atom. The number of carboxylic acid groups (broad SMARTS) is 1. The maximum Gasteiger partial charge on any atom is 0.318 e. The van der Waals surface area contributed by atoms with Crippen molar-refractivity contribution in [2.24, 2.45) is 5.41 Å². The van der Waals surface area contributed by atoms with Crippen molar-refractivity contribution in [3.63, 3.8) is 0 Å². The first kappa shape index (κ1) is 13.0. The van der Waals surface area contributed by atoms with E-state index in [-0.39, 0.29) is 12.0 Å². The molecular formula is C11H19NO4. The van der Waals surface area contributed by atoms with E-state index in [4.69, 9.17) is 9.84 Å². The maximum absolute atomic E-state index is 12.0. The van der Waals surface area contributed by atoms with Gasteiger partial charge >= 0.3 is 5.97 Å². The van der Waals surface area contributed by atoms with Gasteiger partial charge in [-0.15, -0.1) is 0 Å². The molecule has 1 aliphatic heterocycles. The SMILES string of the molecule is CCC1CN(C(=O)C(C)(C)C(=O)O)CCO1. The van der Waals surface area contributed by atoms with E-state index < -0.39 is 11.4 Å². The Bertz CT molecular complexity index is 288. The molecule has 1 aliphatic rings. The highest BCUT2D eigenvalue weighted by Gasteiger charge is 2.40. The second-order valence-corrected chi connectivity index (χ2v) is 4.58. The van der Waals surface area contributed by atoms with Crippen LogP contribution in [0.25, 0.3) is 0 Å². The number of rotatable bonds is 3. The van der Waals surface area contributed by atoms with Crippen molar-refractivity contribution in [3.8, 4) is 0 Å². The Morgan fingerprint density at radius 2 is 2.12 bits per heavy atom. The van der Waals surface area contributed by atoms with E-state index in [9.17, 15) is 9.59 Å². The number of amides is 1. The minimum absolute atomic E-state index is 0.0299. The van der Waals surface area contributed by atoms with Crippen LogP contribution in [0.2, 0.25) is 0 Å². The lowest BCUT2D eigenvalue weighted by Gasteiger charge is -2.35. The molecule has 1 fully saturated rings. The molecule has 0 saturated carbocycles. The van der Waals surface area contributed by atoms with E-state index in [1.54, 1.807) is 4.90 Å². The molecule has 0 aromatic rings. The van der Waals surface area contributed by atoms with Gasteiger partial charge in [0.05, 0.1) is 12.7 Å². The second kappa shape index (κ2) is 4.82. The molecule has 1 N–H and O–H groups in total. The highest BCUT2D eigenvalue weighted by molar-refractivity contribution is 6.01. The van der Waals surface area contributed by atoms with E-state index in [1.165, 1.54) is 13.8 Å². The normalized spacial score (nSPS) is 21.9. The van der Waals surface area contributed by atoms with Gasteiger partial charge < -0.3 is 14.7 Å². The van der Waals surface area contributed by atoms with Crippen LogP contribution >= 0.6 is 0 Å². The summed E-state index contributed by atoms with van der Waals surface area (Å²) in [5, 5.41) is 8.99. The molecule has 5 nitrogen and oxygen atoms in total. The zero-order valence-corrected chi connectivity index (χ0v) is 10.0. The fraction of sp³-hybridized carbons (Fsp3) is 0.818. The Morgan fingerprint density at radius 1 is 1.50 bits per heavy atom. The number of carbonyl (C=O) groups excluding carboxylic acids is 1. The quantitative estimate of drug-likeness (QED) is 0.725. The van der Waals surface area contributed by atoms with Gasteiger partial charge in [-0.1, -0.05) is 6.92 Å². The van der Waals surface area contributed by atoms with Crippen molar-refractivity contribution in [3.05, 3.63) is 0 Å². The van der Waals surface area contributed by atoms with E-state index in [2.05, 4.69) is 0 Å². The number of carbonyl (C=O) groups is 2. The van der Waals surface area contributed by atoms with Crippen molar-refractivity contribution >= 4 is 11.9 Å². The van der Waals surface area contributed by atoms with Gasteiger partial charge in [0.2, 0.25) is 5.91 Å². The van der Waals surface area contributed by atoms with Gasteiger partial charge in [-0.05, 0) is 20.3 Å². The zero-order chi connectivity index (χ0) is 12.3. The van der Waals surface area contributed by atoms with Crippen LogP contribution < -0.4 is 0 Å². The largest absolute Gasteiger partial charge is 0.480 e. The van der Waals surface area contributed by atoms with Gasteiger partial charge in [-0.2, -0.15) is 0 Å². The molecular weight excluding hydrogens is 210 g/mol. The average molecular weight is 229 g/mol. The van der Waals surface area contributed by atoms with Crippen LogP contribution in [-0.2, 0) is 14.3 Å². The number of ether oxygens (including phenoxy) is 1. The van der Waals surface area contributed by atoms with Gasteiger partial charge in [0.15, 0.2) is 0 Å². The summed E-state index contributed by atoms with van der Waals surface area (Å²) in [5.74, 6) is -1.42. The number of morpholine rings is 1. The Balaban J connectivity index is 2.70. The molecule has 1 unspecified atom stereocenters. The van der Waals surface area contributed by atoms with Crippen LogP contribution in [0.1, 0.15) is 27.2 Å². The smallest absolute Gasteiger partial charge is 0.318 e. The average Bonchev–Trinajstić information content (AvgIpc) is 2.27. The summed E-state index contributed by atoms with van der Waals surface area (Å²) in [7, 11) is 0. The predicted octanol–water partition coefficient (Wildman–Crippen LogP) is 0.735. The van der Waals surface area contributed by atoms with E-state index in [0.717, 1.165) is 6.42 Å². The van der Waals surface area contributed by atoms with Crippen LogP contribution in [0.15, 0.2) is 0 Å². The summed E-state index contributed by atoms with van der Waals surface area (Å²) in [6.07, 6.45) is 0.861. The number of hydrogen-bond acceptors (Lipinski definition) is 3. The predicted molar refractivity (Wildman–Crippen MR) is 58.0 cm³/mol. The molecule has 1 atom stereocenters. The first-order valence-electron chi connectivity index (χ1n) is 5.54. The van der Waals surface area contributed by atoms with Gasteiger partial charge in [0.1, 0.15) is 5.41 Å². The second-order valence-electron chi connectivity index (χ2n) is 4.58. The zero-order valence-electron chi connectivity index (χ0n) is 10.0. The molecule has 16 heavy (non-hydrogen) atoms. The summed E-state index contributed by atoms with van der Waals surface area (Å²) in [4.78, 5) is 24.6. The first-order valence-corrected chi connectivity index (χ1v) is 5.54. The van der Waals surface area contributed by atoms with Crippen LogP contribution in [-0.4, -0.2) is 47.7 Å². The lowest BCUT2D eigenvalue weighted by molar-refractivity contribution is -0.162. The van der Waals surface area contributed by atoms with Crippen LogP contribution in [0.5, 0.6) is 0 Å². The minimum Gasteiger partial charge on any atom is -0.480 e. The van der Waals surface area contributed by atoms with Gasteiger partial charge in [0.25, 0.3) is 0 Å². The lowest BCUT2D eigenvalue weighted by Crippen LogP contribution is -2.52. The molecule has 0 aliphatic carbocycles. The Kier molecular flexibility index (Phi) is 3.91. The molecule has 1 saturated heterocycles. The fourth-order valence-electron chi connectivity index (χ4n) is 1.64. The maximum atomic E-state index is 12.0. The summed E-state index contributed by atoms with van der Waals surface area (Å²) >= 11 is 0. The van der Waals surface area contributed by atoms with Gasteiger partial charge in [-0.25, -0.2) is 0 Å². The topological polar surface area (TPSA) is 66.8 Å². The fourth-order valence-corrected chi connectivity index (χ4v) is 1.64. The Hall–Kier alpha value is -1.10. The van der Waals surface area contributed by atoms with E-state index >= 15 is 0 Å². The summed E-state index contributed by atoms with van der Waals surface area (Å²) in [5.41, 5.74) is -1.35. The van der Waals surface area contributed by atoms with Crippen molar-refractivity contribution in [1.82, 2.24) is 4.90 Å². The molecule has 0 radical (unpaired) electrons. The third-order valence-electron chi connectivity index (χ3n) is 2.95. The number of hydrogen-bond donors (Lipinski definition) is 1. The molecule has 0 aromatic carbocycles. The molecule has 1 rings (SSSR count). The number of nitrogens with zero attached hydrogens (tertiary/aromatic N) is 1. The third kappa shape index (κ3) is 2.52. The standard InChI is InChI=1S/C11H19NO4/c1-4-8-7-12(5-6-16-8)9(13)11(2,3)10(14)15/h8H,4-7H2,1-3H3,(H,14,15). The van der Waals surface area contributed by atoms with Crippen LogP contribution in [0.3, 0.4) is 0 Å². The van der Waals surface area contributed by atoms with Crippen LogP contribution in [0, 0.1) is 5.41 Å². The summed E-state index contributed by atoms with van der Waals surface area (Å²) < 4.78 is 5.44. The molecule has 0 bridgehead atoms. The molecule has 0 spiro atoms. The third-order valence-corrected chi connectivity index (χ3v) is 2.95. The summed E-state index contributed by atoms with van der Waals surface area (Å²) in [6, 6.07) is 0. The summed E-state index contributed by atoms with van der Waals surface area (Å²) in [6.45, 7) is 6.32. The molecule has 0 aromatic heterocycles. The highest BCUT2D eigenvalue weighted by atomic mass is 16.5. The first-order chi connectivity index (χ1) is 7.39. The number of carboxylic acids is 1. The van der Waals surface area contributed by atoms with Crippen molar-refractivity contribution in [1.29, 1.82) is 0 Å². The van der Waals surface area contributed by atoms with E-state index in [1.807, 2.05) is 6.92 Å². The molecule has 1 amide bonds. The van der Waals surface area contributed by atoms with Gasteiger partial charge in [0, 0.05) is 13.1 Å². The van der Waals surface area contributed by atoms with Crippen molar-refractivity contribution in [2.45, 2.75) is 33.3 Å². The monoisotopic (exact) mass is 229 g/mol. The van der Waals surface area contributed by atoms with E-state index in [0.29, 0.717) is 19.7 Å².